The predicted molar refractivity (Wildman–Crippen MR) is 156 cm³/mol. The first-order valence-electron chi connectivity index (χ1n) is 14.1. The summed E-state index contributed by atoms with van der Waals surface area (Å²) in [6.45, 7) is 13.9. The zero-order valence-electron chi connectivity index (χ0n) is 24.8. The van der Waals surface area contributed by atoms with Gasteiger partial charge in [0.1, 0.15) is 17.7 Å². The van der Waals surface area contributed by atoms with Gasteiger partial charge in [0.15, 0.2) is 0 Å². The van der Waals surface area contributed by atoms with Crippen molar-refractivity contribution in [3.05, 3.63) is 71.3 Å². The quantitative estimate of drug-likeness (QED) is 0.293. The lowest BCUT2D eigenvalue weighted by Gasteiger charge is -2.36. The molecule has 3 amide bonds. The average molecular weight is 538 g/mol. The molecule has 7 heteroatoms. The molecular formula is C32H47N3O4. The summed E-state index contributed by atoms with van der Waals surface area (Å²) in [5.41, 5.74) is 1.97. The van der Waals surface area contributed by atoms with Gasteiger partial charge >= 0.3 is 6.09 Å². The van der Waals surface area contributed by atoms with Crippen LogP contribution in [0.25, 0.3) is 0 Å². The summed E-state index contributed by atoms with van der Waals surface area (Å²) in [6, 6.07) is 15.7. The molecule has 2 rings (SSSR count). The highest BCUT2D eigenvalue weighted by Crippen LogP contribution is 2.27. The van der Waals surface area contributed by atoms with Crippen molar-refractivity contribution in [2.24, 2.45) is 5.92 Å². The molecule has 0 saturated carbocycles. The standard InChI is InChI=1S/C32H47N3O4/c1-8-9-10-16-21-35(30(37)27(23(2)3)34-31(38)39-32(5,6)7)28(26-20-15-14-17-24(26)4)29(36)33-22-25-18-12-11-13-19-25/h11-15,17-20,23,27-28H,8-10,16,21-22H2,1-7H3,(H,33,36)(H,34,38). The van der Waals surface area contributed by atoms with E-state index in [1.165, 1.54) is 0 Å². The van der Waals surface area contributed by atoms with Gasteiger partial charge in [-0.1, -0.05) is 94.6 Å². The molecule has 0 bridgehead atoms. The largest absolute Gasteiger partial charge is 0.444 e. The van der Waals surface area contributed by atoms with Crippen LogP contribution < -0.4 is 10.6 Å². The van der Waals surface area contributed by atoms with Gasteiger partial charge in [-0.05, 0) is 56.7 Å². The van der Waals surface area contributed by atoms with Crippen LogP contribution in [-0.4, -0.2) is 41.0 Å². The fraction of sp³-hybridized carbons (Fsp3) is 0.531. The molecule has 0 fully saturated rings. The number of nitrogens with zero attached hydrogens (tertiary/aromatic N) is 1. The molecule has 2 aromatic carbocycles. The monoisotopic (exact) mass is 537 g/mol. The second-order valence-electron chi connectivity index (χ2n) is 11.4. The van der Waals surface area contributed by atoms with Crippen molar-refractivity contribution in [3.63, 3.8) is 0 Å². The fourth-order valence-electron chi connectivity index (χ4n) is 4.43. The minimum absolute atomic E-state index is 0.215. The molecule has 0 aromatic heterocycles. The summed E-state index contributed by atoms with van der Waals surface area (Å²) >= 11 is 0. The Balaban J connectivity index is 2.46. The first kappa shape index (κ1) is 31.9. The number of unbranched alkanes of at least 4 members (excludes halogenated alkanes) is 3. The summed E-state index contributed by atoms with van der Waals surface area (Å²) in [4.78, 5) is 42.5. The Morgan fingerprint density at radius 2 is 1.56 bits per heavy atom. The number of aryl methyl sites for hydroxylation is 1. The van der Waals surface area contributed by atoms with Crippen LogP contribution in [0.5, 0.6) is 0 Å². The first-order valence-corrected chi connectivity index (χ1v) is 14.1. The van der Waals surface area contributed by atoms with E-state index in [-0.39, 0.29) is 17.7 Å². The lowest BCUT2D eigenvalue weighted by molar-refractivity contribution is -0.143. The van der Waals surface area contributed by atoms with Crippen molar-refractivity contribution in [2.75, 3.05) is 6.54 Å². The molecule has 0 heterocycles. The van der Waals surface area contributed by atoms with Gasteiger partial charge in [0.25, 0.3) is 0 Å². The number of carbonyl (C=O) groups excluding carboxylic acids is 3. The van der Waals surface area contributed by atoms with Crippen molar-refractivity contribution in [2.45, 2.75) is 98.4 Å². The van der Waals surface area contributed by atoms with Crippen LogP contribution in [0.3, 0.4) is 0 Å². The van der Waals surface area contributed by atoms with E-state index in [4.69, 9.17) is 4.74 Å². The summed E-state index contributed by atoms with van der Waals surface area (Å²) < 4.78 is 5.46. The van der Waals surface area contributed by atoms with Crippen LogP contribution in [0.15, 0.2) is 54.6 Å². The Hall–Kier alpha value is -3.35. The van der Waals surface area contributed by atoms with Gasteiger partial charge < -0.3 is 20.3 Å². The van der Waals surface area contributed by atoms with E-state index in [0.29, 0.717) is 13.1 Å². The smallest absolute Gasteiger partial charge is 0.408 e. The minimum Gasteiger partial charge on any atom is -0.444 e. The molecule has 0 aliphatic rings. The summed E-state index contributed by atoms with van der Waals surface area (Å²) in [7, 11) is 0. The third kappa shape index (κ3) is 10.4. The maximum atomic E-state index is 14.2. The number of alkyl carbamates (subject to hydrolysis) is 1. The van der Waals surface area contributed by atoms with Gasteiger partial charge in [-0.25, -0.2) is 4.79 Å². The normalized spacial score (nSPS) is 12.9. The topological polar surface area (TPSA) is 87.7 Å². The molecule has 214 valence electrons. The Morgan fingerprint density at radius 3 is 2.15 bits per heavy atom. The molecule has 7 nitrogen and oxygen atoms in total. The third-order valence-corrected chi connectivity index (χ3v) is 6.49. The van der Waals surface area contributed by atoms with Crippen LogP contribution in [0, 0.1) is 12.8 Å². The van der Waals surface area contributed by atoms with Crippen LogP contribution in [0.1, 0.15) is 90.0 Å². The SMILES string of the molecule is CCCCCCN(C(=O)C(NC(=O)OC(C)(C)C)C(C)C)C(C(=O)NCc1ccccc1)c1ccccc1C. The molecule has 0 spiro atoms. The lowest BCUT2D eigenvalue weighted by atomic mass is 9.95. The minimum atomic E-state index is -0.848. The van der Waals surface area contributed by atoms with Gasteiger partial charge in [-0.3, -0.25) is 9.59 Å². The van der Waals surface area contributed by atoms with Gasteiger partial charge in [0.05, 0.1) is 0 Å². The second-order valence-corrected chi connectivity index (χ2v) is 11.4. The molecular weight excluding hydrogens is 490 g/mol. The maximum Gasteiger partial charge on any atom is 0.408 e. The number of hydrogen-bond donors (Lipinski definition) is 2. The van der Waals surface area contributed by atoms with Crippen LogP contribution in [0.4, 0.5) is 4.79 Å². The van der Waals surface area contributed by atoms with E-state index in [9.17, 15) is 14.4 Å². The van der Waals surface area contributed by atoms with Gasteiger partial charge in [-0.2, -0.15) is 0 Å². The molecule has 39 heavy (non-hydrogen) atoms. The average Bonchev–Trinajstić information content (AvgIpc) is 2.87. The third-order valence-electron chi connectivity index (χ3n) is 6.49. The molecule has 0 aliphatic heterocycles. The number of rotatable bonds is 13. The molecule has 0 aliphatic carbocycles. The van der Waals surface area contributed by atoms with Crippen LogP contribution in [0.2, 0.25) is 0 Å². The van der Waals surface area contributed by atoms with Gasteiger partial charge in [-0.15, -0.1) is 0 Å². The second kappa shape index (κ2) is 15.3. The van der Waals surface area contributed by atoms with Crippen molar-refractivity contribution < 1.29 is 19.1 Å². The predicted octanol–water partition coefficient (Wildman–Crippen LogP) is 6.31. The zero-order chi connectivity index (χ0) is 29.0. The van der Waals surface area contributed by atoms with E-state index >= 15 is 0 Å². The molecule has 2 unspecified atom stereocenters. The number of nitrogens with one attached hydrogen (secondary N) is 2. The van der Waals surface area contributed by atoms with Crippen LogP contribution in [-0.2, 0) is 20.9 Å². The summed E-state index contributed by atoms with van der Waals surface area (Å²) in [6.07, 6.45) is 3.15. The van der Waals surface area contributed by atoms with Crippen molar-refractivity contribution in [1.82, 2.24) is 15.5 Å². The molecule has 2 atom stereocenters. The fourth-order valence-corrected chi connectivity index (χ4v) is 4.43. The first-order chi connectivity index (χ1) is 18.4. The number of hydrogen-bond acceptors (Lipinski definition) is 4. The number of ether oxygens (including phenoxy) is 1. The molecule has 2 aromatic rings. The Morgan fingerprint density at radius 1 is 0.923 bits per heavy atom. The van der Waals surface area contributed by atoms with Gasteiger partial charge in [0.2, 0.25) is 11.8 Å². The molecule has 2 N–H and O–H groups in total. The highest BCUT2D eigenvalue weighted by Gasteiger charge is 2.37. The van der Waals surface area contributed by atoms with Crippen molar-refractivity contribution in [1.29, 1.82) is 0 Å². The number of carbonyl (C=O) groups is 3. The lowest BCUT2D eigenvalue weighted by Crippen LogP contribution is -2.55. The summed E-state index contributed by atoms with van der Waals surface area (Å²) in [5.74, 6) is -0.764. The Kier molecular flexibility index (Phi) is 12.5. The Bertz CT molecular complexity index is 1060. The van der Waals surface area contributed by atoms with Crippen molar-refractivity contribution in [3.8, 4) is 0 Å². The van der Waals surface area contributed by atoms with E-state index in [2.05, 4.69) is 17.6 Å². The van der Waals surface area contributed by atoms with E-state index in [1.807, 2.05) is 75.4 Å². The number of benzene rings is 2. The van der Waals surface area contributed by atoms with E-state index < -0.39 is 23.8 Å². The number of amides is 3. The molecule has 0 radical (unpaired) electrons. The molecule has 0 saturated heterocycles. The summed E-state index contributed by atoms with van der Waals surface area (Å²) in [5, 5.41) is 5.85. The zero-order valence-corrected chi connectivity index (χ0v) is 24.8. The van der Waals surface area contributed by atoms with E-state index in [1.54, 1.807) is 25.7 Å². The highest BCUT2D eigenvalue weighted by atomic mass is 16.6. The maximum absolute atomic E-state index is 14.2. The van der Waals surface area contributed by atoms with E-state index in [0.717, 1.165) is 42.4 Å². The van der Waals surface area contributed by atoms with Gasteiger partial charge in [0, 0.05) is 13.1 Å². The highest BCUT2D eigenvalue weighted by molar-refractivity contribution is 5.92. The van der Waals surface area contributed by atoms with Crippen molar-refractivity contribution >= 4 is 17.9 Å². The van der Waals surface area contributed by atoms with Crippen LogP contribution >= 0.6 is 0 Å². The Labute approximate surface area is 234 Å².